The van der Waals surface area contributed by atoms with Gasteiger partial charge in [-0.25, -0.2) is 4.98 Å². The summed E-state index contributed by atoms with van der Waals surface area (Å²) in [7, 11) is 0. The summed E-state index contributed by atoms with van der Waals surface area (Å²) in [6.45, 7) is 4.15. The lowest BCUT2D eigenvalue weighted by molar-refractivity contribution is 0.485. The number of rotatable bonds is 4. The number of benzene rings is 2. The third-order valence-electron chi connectivity index (χ3n) is 4.11. The van der Waals surface area contributed by atoms with Crippen molar-refractivity contribution in [1.29, 1.82) is 0 Å². The van der Waals surface area contributed by atoms with Crippen LogP contribution in [0.3, 0.4) is 0 Å². The summed E-state index contributed by atoms with van der Waals surface area (Å²) in [5.41, 5.74) is 1.97. The molecular weight excluding hydrogens is 366 g/mol. The van der Waals surface area contributed by atoms with Crippen LogP contribution in [0.4, 0.5) is 11.5 Å². The zero-order chi connectivity index (χ0) is 18.1. The van der Waals surface area contributed by atoms with E-state index in [9.17, 15) is 0 Å². The molecule has 0 amide bonds. The monoisotopic (exact) mass is 381 g/mol. The standard InChI is InChI=1S/C20H16ClN3OS/c1-12-13(2)26-19-17(12)18(23-20(21)24-19)22-15-10-6-7-11-16(15)25-14-8-4-3-5-9-14/h3-11H,1-2H3,(H,22,23,24). The Bertz CT molecular complexity index is 1080. The minimum atomic E-state index is 0.225. The number of hydrogen-bond donors (Lipinski definition) is 1. The minimum Gasteiger partial charge on any atom is -0.455 e. The molecule has 0 unspecified atom stereocenters. The zero-order valence-corrected chi connectivity index (χ0v) is 15.9. The SMILES string of the molecule is Cc1sc2nc(Cl)nc(Nc3ccccc3Oc3ccccc3)c2c1C. The van der Waals surface area contributed by atoms with Crippen LogP contribution in [0, 0.1) is 13.8 Å². The molecule has 130 valence electrons. The Labute approximate surface area is 160 Å². The molecule has 0 saturated carbocycles. The van der Waals surface area contributed by atoms with Crippen molar-refractivity contribution >= 4 is 44.7 Å². The van der Waals surface area contributed by atoms with Gasteiger partial charge in [-0.2, -0.15) is 4.98 Å². The van der Waals surface area contributed by atoms with Crippen LogP contribution in [0.2, 0.25) is 5.28 Å². The largest absolute Gasteiger partial charge is 0.455 e. The van der Waals surface area contributed by atoms with Crippen molar-refractivity contribution < 1.29 is 4.74 Å². The van der Waals surface area contributed by atoms with Crippen molar-refractivity contribution in [3.05, 3.63) is 70.3 Å². The molecule has 0 saturated heterocycles. The molecule has 0 bridgehead atoms. The molecule has 0 aliphatic rings. The quantitative estimate of drug-likeness (QED) is 0.410. The molecule has 0 radical (unpaired) electrons. The van der Waals surface area contributed by atoms with E-state index in [4.69, 9.17) is 16.3 Å². The highest BCUT2D eigenvalue weighted by atomic mass is 35.5. The topological polar surface area (TPSA) is 47.0 Å². The van der Waals surface area contributed by atoms with Crippen molar-refractivity contribution in [2.45, 2.75) is 13.8 Å². The summed E-state index contributed by atoms with van der Waals surface area (Å²) in [4.78, 5) is 10.8. The van der Waals surface area contributed by atoms with E-state index >= 15 is 0 Å². The summed E-state index contributed by atoms with van der Waals surface area (Å²) in [5, 5.41) is 4.59. The number of nitrogens with one attached hydrogen (secondary N) is 1. The number of nitrogens with zero attached hydrogens (tertiary/aromatic N) is 2. The Hall–Kier alpha value is -2.63. The van der Waals surface area contributed by atoms with Gasteiger partial charge in [0.2, 0.25) is 5.28 Å². The number of halogens is 1. The lowest BCUT2D eigenvalue weighted by atomic mass is 10.2. The lowest BCUT2D eigenvalue weighted by Gasteiger charge is -2.13. The van der Waals surface area contributed by atoms with Crippen molar-refractivity contribution in [2.75, 3.05) is 5.32 Å². The first-order valence-electron chi connectivity index (χ1n) is 8.14. The van der Waals surface area contributed by atoms with Gasteiger partial charge in [0.15, 0.2) is 5.75 Å². The Morgan fingerprint density at radius 1 is 0.962 bits per heavy atom. The van der Waals surface area contributed by atoms with E-state index in [0.29, 0.717) is 11.6 Å². The molecule has 0 atom stereocenters. The third kappa shape index (κ3) is 3.23. The predicted octanol–water partition coefficient (Wildman–Crippen LogP) is 6.50. The van der Waals surface area contributed by atoms with Gasteiger partial charge in [-0.1, -0.05) is 30.3 Å². The summed E-state index contributed by atoms with van der Waals surface area (Å²) in [6.07, 6.45) is 0. The maximum Gasteiger partial charge on any atom is 0.225 e. The fourth-order valence-electron chi connectivity index (χ4n) is 2.72. The highest BCUT2D eigenvalue weighted by Crippen LogP contribution is 2.37. The molecule has 2 aromatic carbocycles. The summed E-state index contributed by atoms with van der Waals surface area (Å²) in [6, 6.07) is 17.4. The van der Waals surface area contributed by atoms with Gasteiger partial charge in [0.1, 0.15) is 16.4 Å². The van der Waals surface area contributed by atoms with E-state index in [0.717, 1.165) is 27.2 Å². The smallest absolute Gasteiger partial charge is 0.225 e. The van der Waals surface area contributed by atoms with Gasteiger partial charge >= 0.3 is 0 Å². The van der Waals surface area contributed by atoms with Crippen molar-refractivity contribution in [3.8, 4) is 11.5 Å². The van der Waals surface area contributed by atoms with Crippen LogP contribution in [-0.2, 0) is 0 Å². The number of para-hydroxylation sites is 3. The van der Waals surface area contributed by atoms with E-state index in [1.54, 1.807) is 11.3 Å². The maximum absolute atomic E-state index is 6.13. The number of thiophene rings is 1. The van der Waals surface area contributed by atoms with Gasteiger partial charge < -0.3 is 10.1 Å². The van der Waals surface area contributed by atoms with Gasteiger partial charge in [-0.15, -0.1) is 11.3 Å². The number of aromatic nitrogens is 2. The average molecular weight is 382 g/mol. The molecule has 0 aliphatic carbocycles. The Kier molecular flexibility index (Phi) is 4.49. The Balaban J connectivity index is 1.76. The second-order valence-corrected chi connectivity index (χ2v) is 7.38. The van der Waals surface area contributed by atoms with Crippen molar-refractivity contribution in [1.82, 2.24) is 9.97 Å². The van der Waals surface area contributed by atoms with Crippen LogP contribution < -0.4 is 10.1 Å². The first-order chi connectivity index (χ1) is 12.6. The summed E-state index contributed by atoms with van der Waals surface area (Å²) >= 11 is 7.75. The second kappa shape index (κ2) is 6.94. The highest BCUT2D eigenvalue weighted by molar-refractivity contribution is 7.18. The predicted molar refractivity (Wildman–Crippen MR) is 108 cm³/mol. The van der Waals surface area contributed by atoms with Crippen LogP contribution in [0.25, 0.3) is 10.2 Å². The van der Waals surface area contributed by atoms with E-state index in [2.05, 4.69) is 29.1 Å². The summed E-state index contributed by atoms with van der Waals surface area (Å²) < 4.78 is 6.02. The van der Waals surface area contributed by atoms with Crippen LogP contribution >= 0.6 is 22.9 Å². The first-order valence-corrected chi connectivity index (χ1v) is 9.33. The van der Waals surface area contributed by atoms with Crippen molar-refractivity contribution in [3.63, 3.8) is 0 Å². The molecule has 0 aliphatic heterocycles. The second-order valence-electron chi connectivity index (χ2n) is 5.84. The number of fused-ring (bicyclic) bond motifs is 1. The summed E-state index contributed by atoms with van der Waals surface area (Å²) in [5.74, 6) is 2.17. The van der Waals surface area contributed by atoms with Gasteiger partial charge in [0, 0.05) is 4.88 Å². The maximum atomic E-state index is 6.13. The first kappa shape index (κ1) is 16.8. The van der Waals surface area contributed by atoms with Crippen LogP contribution in [0.1, 0.15) is 10.4 Å². The normalized spacial score (nSPS) is 10.9. The fraction of sp³-hybridized carbons (Fsp3) is 0.100. The molecule has 2 aromatic heterocycles. The van der Waals surface area contributed by atoms with E-state index in [1.807, 2.05) is 54.6 Å². The van der Waals surface area contributed by atoms with Gasteiger partial charge in [-0.3, -0.25) is 0 Å². The molecule has 4 rings (SSSR count). The van der Waals surface area contributed by atoms with E-state index < -0.39 is 0 Å². The van der Waals surface area contributed by atoms with Crippen LogP contribution in [0.15, 0.2) is 54.6 Å². The molecule has 0 fully saturated rings. The number of aryl methyl sites for hydroxylation is 2. The average Bonchev–Trinajstić information content (AvgIpc) is 2.91. The number of hydrogen-bond acceptors (Lipinski definition) is 5. The Morgan fingerprint density at radius 3 is 2.50 bits per heavy atom. The molecule has 26 heavy (non-hydrogen) atoms. The molecular formula is C20H16ClN3OS. The molecule has 6 heteroatoms. The van der Waals surface area contributed by atoms with Crippen LogP contribution in [0.5, 0.6) is 11.5 Å². The molecule has 4 nitrogen and oxygen atoms in total. The third-order valence-corrected chi connectivity index (χ3v) is 5.38. The zero-order valence-electron chi connectivity index (χ0n) is 14.3. The Morgan fingerprint density at radius 2 is 1.69 bits per heavy atom. The van der Waals surface area contributed by atoms with Crippen molar-refractivity contribution in [2.24, 2.45) is 0 Å². The fourth-order valence-corrected chi connectivity index (χ4v) is 3.96. The van der Waals surface area contributed by atoms with Crippen LogP contribution in [-0.4, -0.2) is 9.97 Å². The lowest BCUT2D eigenvalue weighted by Crippen LogP contribution is -1.99. The molecule has 0 spiro atoms. The van der Waals surface area contributed by atoms with Gasteiger partial charge in [0.05, 0.1) is 11.1 Å². The highest BCUT2D eigenvalue weighted by Gasteiger charge is 2.15. The molecule has 1 N–H and O–H groups in total. The molecule has 2 heterocycles. The number of ether oxygens (including phenoxy) is 1. The molecule has 4 aromatic rings. The van der Waals surface area contributed by atoms with Gasteiger partial charge in [-0.05, 0) is 55.3 Å². The number of anilines is 2. The van der Waals surface area contributed by atoms with E-state index in [-0.39, 0.29) is 5.28 Å². The van der Waals surface area contributed by atoms with Gasteiger partial charge in [0.25, 0.3) is 0 Å². The minimum absolute atomic E-state index is 0.225. The van der Waals surface area contributed by atoms with E-state index in [1.165, 1.54) is 4.88 Å².